The Morgan fingerprint density at radius 1 is 1.26 bits per heavy atom. The smallest absolute Gasteiger partial charge is 0.165 e. The number of benzene rings is 1. The van der Waals surface area contributed by atoms with Crippen LogP contribution in [0.1, 0.15) is 44.5 Å². The number of rotatable bonds is 3. The minimum Gasteiger partial charge on any atom is -0.350 e. The van der Waals surface area contributed by atoms with E-state index in [0.29, 0.717) is 12.3 Å². The van der Waals surface area contributed by atoms with E-state index in [1.54, 1.807) is 0 Å². The first-order valence-electron chi connectivity index (χ1n) is 6.88. The first-order chi connectivity index (χ1) is 8.80. The summed E-state index contributed by atoms with van der Waals surface area (Å²) in [5, 5.41) is 1.07. The molecule has 0 radical (unpaired) electrons. The van der Waals surface area contributed by atoms with Gasteiger partial charge in [0.1, 0.15) is 0 Å². The molecule has 0 saturated carbocycles. The number of carbonyl (C=O) groups excluding carboxylic acids is 1. The lowest BCUT2D eigenvalue weighted by Crippen LogP contribution is -2.20. The zero-order valence-corrected chi connectivity index (χ0v) is 12.5. The Morgan fingerprint density at radius 3 is 2.53 bits per heavy atom. The van der Waals surface area contributed by atoms with Gasteiger partial charge in [-0.15, -0.1) is 0 Å². The zero-order chi connectivity index (χ0) is 14.2. The quantitative estimate of drug-likeness (QED) is 0.745. The van der Waals surface area contributed by atoms with E-state index >= 15 is 0 Å². The van der Waals surface area contributed by atoms with Crippen LogP contribution in [0.3, 0.4) is 0 Å². The minimum atomic E-state index is 0.167. The fourth-order valence-corrected chi connectivity index (χ4v) is 2.26. The molecule has 19 heavy (non-hydrogen) atoms. The molecule has 0 saturated heterocycles. The second kappa shape index (κ2) is 4.84. The van der Waals surface area contributed by atoms with Crippen LogP contribution >= 0.6 is 0 Å². The first kappa shape index (κ1) is 13.9. The molecule has 2 aromatic rings. The van der Waals surface area contributed by atoms with E-state index in [0.717, 1.165) is 16.5 Å². The van der Waals surface area contributed by atoms with Crippen molar-refractivity contribution < 1.29 is 4.79 Å². The van der Waals surface area contributed by atoms with Crippen LogP contribution in [0, 0.1) is 11.3 Å². The van der Waals surface area contributed by atoms with Crippen molar-refractivity contribution in [3.63, 3.8) is 0 Å². The van der Waals surface area contributed by atoms with Crippen molar-refractivity contribution in [1.82, 2.24) is 4.57 Å². The van der Waals surface area contributed by atoms with Gasteiger partial charge in [0.15, 0.2) is 5.78 Å². The number of carbonyl (C=O) groups is 1. The highest BCUT2D eigenvalue weighted by Crippen LogP contribution is 2.30. The largest absolute Gasteiger partial charge is 0.350 e. The maximum Gasteiger partial charge on any atom is 0.165 e. The molecular formula is C17H23NO. The number of fused-ring (bicyclic) bond motifs is 1. The molecule has 0 aliphatic carbocycles. The van der Waals surface area contributed by atoms with Crippen molar-refractivity contribution in [2.45, 2.75) is 34.1 Å². The molecule has 1 aromatic carbocycles. The van der Waals surface area contributed by atoms with Crippen molar-refractivity contribution in [2.75, 3.05) is 0 Å². The van der Waals surface area contributed by atoms with Crippen LogP contribution in [0.5, 0.6) is 0 Å². The van der Waals surface area contributed by atoms with Gasteiger partial charge in [-0.05, 0) is 17.4 Å². The van der Waals surface area contributed by atoms with Gasteiger partial charge >= 0.3 is 0 Å². The van der Waals surface area contributed by atoms with Crippen LogP contribution < -0.4 is 0 Å². The summed E-state index contributed by atoms with van der Waals surface area (Å²) in [7, 11) is 1.99. The van der Waals surface area contributed by atoms with Gasteiger partial charge in [-0.25, -0.2) is 0 Å². The second-order valence-corrected chi connectivity index (χ2v) is 6.57. The summed E-state index contributed by atoms with van der Waals surface area (Å²) in [5.74, 6) is 0.623. The van der Waals surface area contributed by atoms with Crippen molar-refractivity contribution in [2.24, 2.45) is 18.4 Å². The zero-order valence-electron chi connectivity index (χ0n) is 12.5. The molecule has 1 atom stereocenters. The average molecular weight is 257 g/mol. The van der Waals surface area contributed by atoms with E-state index in [9.17, 15) is 4.79 Å². The fraction of sp³-hybridized carbons (Fsp3) is 0.471. The van der Waals surface area contributed by atoms with Gasteiger partial charge in [0.05, 0.1) is 0 Å². The van der Waals surface area contributed by atoms with Crippen LogP contribution in [0.2, 0.25) is 0 Å². The molecule has 2 rings (SSSR count). The fourth-order valence-electron chi connectivity index (χ4n) is 2.26. The summed E-state index contributed by atoms with van der Waals surface area (Å²) >= 11 is 0. The first-order valence-corrected chi connectivity index (χ1v) is 6.88. The Morgan fingerprint density at radius 2 is 1.89 bits per heavy atom. The molecule has 2 nitrogen and oxygen atoms in total. The van der Waals surface area contributed by atoms with Crippen LogP contribution in [-0.2, 0) is 7.05 Å². The number of ketones is 1. The molecular weight excluding hydrogens is 234 g/mol. The topological polar surface area (TPSA) is 22.0 Å². The Balaban J connectivity index is 2.33. The third-order valence-electron chi connectivity index (χ3n) is 4.17. The third kappa shape index (κ3) is 2.73. The summed E-state index contributed by atoms with van der Waals surface area (Å²) < 4.78 is 2.03. The molecule has 0 amide bonds. The molecule has 2 heteroatoms. The lowest BCUT2D eigenvalue weighted by molar-refractivity contribution is 0.0928. The monoisotopic (exact) mass is 257 g/mol. The summed E-state index contributed by atoms with van der Waals surface area (Å²) in [4.78, 5) is 12.5. The maximum atomic E-state index is 12.5. The lowest BCUT2D eigenvalue weighted by Gasteiger charge is -2.26. The molecule has 102 valence electrons. The molecule has 1 heterocycles. The molecule has 0 N–H and O–H groups in total. The van der Waals surface area contributed by atoms with E-state index in [4.69, 9.17) is 0 Å². The van der Waals surface area contributed by atoms with E-state index in [1.165, 1.54) is 0 Å². The van der Waals surface area contributed by atoms with Crippen LogP contribution in [-0.4, -0.2) is 10.4 Å². The minimum absolute atomic E-state index is 0.167. The summed E-state index contributed by atoms with van der Waals surface area (Å²) in [6, 6.07) is 8.09. The predicted molar refractivity (Wildman–Crippen MR) is 80.5 cm³/mol. The highest BCUT2D eigenvalue weighted by Gasteiger charge is 2.24. The van der Waals surface area contributed by atoms with E-state index in [1.807, 2.05) is 36.0 Å². The highest BCUT2D eigenvalue weighted by atomic mass is 16.1. The van der Waals surface area contributed by atoms with Crippen LogP contribution in [0.15, 0.2) is 30.5 Å². The number of para-hydroxylation sites is 1. The number of Topliss-reactive ketones (excluding diaryl/α,β-unsaturated/α-hetero) is 1. The number of aryl methyl sites for hydroxylation is 1. The highest BCUT2D eigenvalue weighted by molar-refractivity contribution is 6.08. The maximum absolute atomic E-state index is 12.5. The van der Waals surface area contributed by atoms with Crippen molar-refractivity contribution >= 4 is 16.7 Å². The molecule has 0 aliphatic rings. The Hall–Kier alpha value is -1.57. The lowest BCUT2D eigenvalue weighted by atomic mass is 9.78. The van der Waals surface area contributed by atoms with Crippen LogP contribution in [0.25, 0.3) is 10.9 Å². The van der Waals surface area contributed by atoms with E-state index < -0.39 is 0 Å². The molecule has 0 aliphatic heterocycles. The SMILES string of the molecule is CC(CC(=O)c1cn(C)c2ccccc12)C(C)(C)C. The number of hydrogen-bond acceptors (Lipinski definition) is 1. The third-order valence-corrected chi connectivity index (χ3v) is 4.17. The van der Waals surface area contributed by atoms with Gasteiger partial charge in [-0.1, -0.05) is 45.9 Å². The summed E-state index contributed by atoms with van der Waals surface area (Å²) in [6.45, 7) is 8.72. The molecule has 1 aromatic heterocycles. The number of nitrogens with zero attached hydrogens (tertiary/aromatic N) is 1. The standard InChI is InChI=1S/C17H23NO/c1-12(17(2,3)4)10-16(19)14-11-18(5)15-9-7-6-8-13(14)15/h6-9,11-12H,10H2,1-5H3. The second-order valence-electron chi connectivity index (χ2n) is 6.57. The van der Waals surface area contributed by atoms with Gasteiger partial charge in [0, 0.05) is 36.1 Å². The Kier molecular flexibility index (Phi) is 3.53. The van der Waals surface area contributed by atoms with Crippen molar-refractivity contribution in [3.8, 4) is 0 Å². The molecule has 0 bridgehead atoms. The van der Waals surface area contributed by atoms with E-state index in [2.05, 4.69) is 33.8 Å². The van der Waals surface area contributed by atoms with Gasteiger partial charge in [-0.2, -0.15) is 0 Å². The van der Waals surface area contributed by atoms with Gasteiger partial charge in [0.25, 0.3) is 0 Å². The predicted octanol–water partition coefficient (Wildman–Crippen LogP) is 4.43. The van der Waals surface area contributed by atoms with E-state index in [-0.39, 0.29) is 11.2 Å². The van der Waals surface area contributed by atoms with Gasteiger partial charge in [0.2, 0.25) is 0 Å². The van der Waals surface area contributed by atoms with Crippen LogP contribution in [0.4, 0.5) is 0 Å². The number of aromatic nitrogens is 1. The Bertz CT molecular complexity index is 601. The molecule has 0 spiro atoms. The average Bonchev–Trinajstić information content (AvgIpc) is 2.66. The normalized spacial score (nSPS) is 13.7. The molecule has 1 unspecified atom stereocenters. The van der Waals surface area contributed by atoms with Gasteiger partial charge < -0.3 is 4.57 Å². The van der Waals surface area contributed by atoms with Crippen molar-refractivity contribution in [3.05, 3.63) is 36.0 Å². The number of hydrogen-bond donors (Lipinski definition) is 0. The molecule has 0 fully saturated rings. The Labute approximate surface area is 115 Å². The van der Waals surface area contributed by atoms with Crippen molar-refractivity contribution in [1.29, 1.82) is 0 Å². The summed E-state index contributed by atoms with van der Waals surface area (Å²) in [6.07, 6.45) is 2.57. The van der Waals surface area contributed by atoms with Gasteiger partial charge in [-0.3, -0.25) is 4.79 Å². The summed E-state index contributed by atoms with van der Waals surface area (Å²) in [5.41, 5.74) is 2.14.